The summed E-state index contributed by atoms with van der Waals surface area (Å²) in [6.07, 6.45) is 3.79. The lowest BCUT2D eigenvalue weighted by Crippen LogP contribution is -2.25. The Hall–Kier alpha value is -2.47. The van der Waals surface area contributed by atoms with E-state index >= 15 is 0 Å². The van der Waals surface area contributed by atoms with E-state index in [1.54, 1.807) is 7.11 Å². The molecule has 2 aromatic rings. The van der Waals surface area contributed by atoms with Gasteiger partial charge in [-0.15, -0.1) is 0 Å². The van der Waals surface area contributed by atoms with Crippen LogP contribution in [0.25, 0.3) is 0 Å². The van der Waals surface area contributed by atoms with Gasteiger partial charge in [0.25, 0.3) is 5.91 Å². The van der Waals surface area contributed by atoms with Gasteiger partial charge in [-0.05, 0) is 25.5 Å². The molecule has 0 aliphatic carbocycles. The van der Waals surface area contributed by atoms with Gasteiger partial charge in [0.05, 0.1) is 5.56 Å². The van der Waals surface area contributed by atoms with Crippen LogP contribution in [0.5, 0.6) is 0 Å². The minimum atomic E-state index is -0.182. The minimum Gasteiger partial charge on any atom is -0.385 e. The second kappa shape index (κ2) is 8.09. The molecule has 0 atom stereocenters. The van der Waals surface area contributed by atoms with Crippen LogP contribution in [-0.2, 0) is 4.74 Å². The molecule has 0 unspecified atom stereocenters. The Bertz CT molecular complexity index is 597. The molecule has 0 spiro atoms. The predicted molar refractivity (Wildman–Crippen MR) is 85.3 cm³/mol. The van der Waals surface area contributed by atoms with E-state index in [2.05, 4.69) is 20.6 Å². The number of carbonyl (C=O) groups is 1. The Balaban J connectivity index is 1.89. The summed E-state index contributed by atoms with van der Waals surface area (Å²) in [6, 6.07) is 7.92. The molecule has 6 heteroatoms. The van der Waals surface area contributed by atoms with Crippen molar-refractivity contribution in [3.8, 4) is 0 Å². The number of hydrogen-bond donors (Lipinski definition) is 2. The first-order valence-corrected chi connectivity index (χ1v) is 7.12. The quantitative estimate of drug-likeness (QED) is 0.767. The largest absolute Gasteiger partial charge is 0.385 e. The first kappa shape index (κ1) is 15.9. The lowest BCUT2D eigenvalue weighted by atomic mass is 10.2. The van der Waals surface area contributed by atoms with Crippen molar-refractivity contribution in [3.05, 3.63) is 47.8 Å². The maximum absolute atomic E-state index is 11.9. The highest BCUT2D eigenvalue weighted by Crippen LogP contribution is 2.13. The molecule has 22 heavy (non-hydrogen) atoms. The van der Waals surface area contributed by atoms with Gasteiger partial charge in [0.1, 0.15) is 0 Å². The first-order chi connectivity index (χ1) is 10.7. The lowest BCUT2D eigenvalue weighted by molar-refractivity contribution is 0.0948. The fourth-order valence-corrected chi connectivity index (χ4v) is 1.80. The van der Waals surface area contributed by atoms with Gasteiger partial charge in [-0.3, -0.25) is 4.79 Å². The Kier molecular flexibility index (Phi) is 5.85. The summed E-state index contributed by atoms with van der Waals surface area (Å²) < 4.78 is 4.92. The van der Waals surface area contributed by atoms with Gasteiger partial charge in [-0.1, -0.05) is 17.7 Å². The third kappa shape index (κ3) is 4.82. The smallest absolute Gasteiger partial charge is 0.254 e. The van der Waals surface area contributed by atoms with Crippen molar-refractivity contribution in [2.45, 2.75) is 13.3 Å². The highest BCUT2D eigenvalue weighted by atomic mass is 16.5. The SMILES string of the molecule is COCCCNC(=O)c1cnc(Nc2ccc(C)cc2)nc1. The van der Waals surface area contributed by atoms with Crippen molar-refractivity contribution >= 4 is 17.5 Å². The summed E-state index contributed by atoms with van der Waals surface area (Å²) in [4.78, 5) is 20.2. The molecule has 1 amide bonds. The third-order valence-electron chi connectivity index (χ3n) is 3.03. The van der Waals surface area contributed by atoms with Gasteiger partial charge in [0.2, 0.25) is 5.95 Å². The average molecular weight is 300 g/mol. The van der Waals surface area contributed by atoms with E-state index in [9.17, 15) is 4.79 Å². The topological polar surface area (TPSA) is 76.1 Å². The van der Waals surface area contributed by atoms with E-state index in [-0.39, 0.29) is 5.91 Å². The molecule has 0 aliphatic heterocycles. The van der Waals surface area contributed by atoms with Gasteiger partial charge in [-0.25, -0.2) is 9.97 Å². The Morgan fingerprint density at radius 3 is 2.50 bits per heavy atom. The summed E-state index contributed by atoms with van der Waals surface area (Å²) in [6.45, 7) is 3.21. The molecule has 2 N–H and O–H groups in total. The lowest BCUT2D eigenvalue weighted by Gasteiger charge is -2.07. The number of ether oxygens (including phenoxy) is 1. The molecule has 1 aromatic carbocycles. The third-order valence-corrected chi connectivity index (χ3v) is 3.03. The highest BCUT2D eigenvalue weighted by Gasteiger charge is 2.06. The number of aromatic nitrogens is 2. The molecule has 2 rings (SSSR count). The van der Waals surface area contributed by atoms with Crippen molar-refractivity contribution in [2.24, 2.45) is 0 Å². The Morgan fingerprint density at radius 2 is 1.86 bits per heavy atom. The molecule has 0 fully saturated rings. The van der Waals surface area contributed by atoms with Gasteiger partial charge in [0, 0.05) is 38.3 Å². The summed E-state index contributed by atoms with van der Waals surface area (Å²) in [5.74, 6) is 0.276. The normalized spacial score (nSPS) is 10.3. The minimum absolute atomic E-state index is 0.182. The van der Waals surface area contributed by atoms with E-state index in [0.717, 1.165) is 12.1 Å². The van der Waals surface area contributed by atoms with Crippen LogP contribution in [0.1, 0.15) is 22.3 Å². The van der Waals surface area contributed by atoms with E-state index in [0.29, 0.717) is 24.7 Å². The molecule has 0 saturated heterocycles. The molecule has 1 heterocycles. The number of carbonyl (C=O) groups excluding carboxylic acids is 1. The van der Waals surface area contributed by atoms with Gasteiger partial charge in [-0.2, -0.15) is 0 Å². The van der Waals surface area contributed by atoms with Crippen molar-refractivity contribution in [1.29, 1.82) is 0 Å². The summed E-state index contributed by atoms with van der Waals surface area (Å²) in [5, 5.41) is 5.88. The summed E-state index contributed by atoms with van der Waals surface area (Å²) >= 11 is 0. The molecule has 116 valence electrons. The number of methoxy groups -OCH3 is 1. The molecule has 0 aliphatic rings. The van der Waals surface area contributed by atoms with E-state index < -0.39 is 0 Å². The Morgan fingerprint density at radius 1 is 1.18 bits per heavy atom. The monoisotopic (exact) mass is 300 g/mol. The number of nitrogens with zero attached hydrogens (tertiary/aromatic N) is 2. The molecule has 1 aromatic heterocycles. The summed E-state index contributed by atoms with van der Waals surface area (Å²) in [5.41, 5.74) is 2.53. The standard InChI is InChI=1S/C16H20N4O2/c1-12-4-6-14(7-5-12)20-16-18-10-13(11-19-16)15(21)17-8-3-9-22-2/h4-7,10-11H,3,8-9H2,1-2H3,(H,17,21)(H,18,19,20). The molecular formula is C16H20N4O2. The predicted octanol–water partition coefficient (Wildman–Crippen LogP) is 2.29. The second-order valence-corrected chi connectivity index (χ2v) is 4.89. The van der Waals surface area contributed by atoms with Crippen LogP contribution in [-0.4, -0.2) is 36.1 Å². The van der Waals surface area contributed by atoms with Crippen LogP contribution in [0.4, 0.5) is 11.6 Å². The fraction of sp³-hybridized carbons (Fsp3) is 0.312. The molecule has 0 saturated carbocycles. The van der Waals surface area contributed by atoms with Crippen molar-refractivity contribution in [2.75, 3.05) is 25.6 Å². The Labute approximate surface area is 129 Å². The van der Waals surface area contributed by atoms with Crippen molar-refractivity contribution in [3.63, 3.8) is 0 Å². The average Bonchev–Trinajstić information content (AvgIpc) is 2.54. The second-order valence-electron chi connectivity index (χ2n) is 4.89. The highest BCUT2D eigenvalue weighted by molar-refractivity contribution is 5.93. The number of benzene rings is 1. The summed E-state index contributed by atoms with van der Waals surface area (Å²) in [7, 11) is 1.63. The van der Waals surface area contributed by atoms with Gasteiger partial charge in [0.15, 0.2) is 0 Å². The van der Waals surface area contributed by atoms with Crippen molar-refractivity contribution in [1.82, 2.24) is 15.3 Å². The van der Waals surface area contributed by atoms with Crippen LogP contribution in [0.15, 0.2) is 36.7 Å². The van der Waals surface area contributed by atoms with Gasteiger partial charge < -0.3 is 15.4 Å². The zero-order valence-electron chi connectivity index (χ0n) is 12.8. The number of anilines is 2. The van der Waals surface area contributed by atoms with Crippen LogP contribution in [0.2, 0.25) is 0 Å². The molecular weight excluding hydrogens is 280 g/mol. The van der Waals surface area contributed by atoms with Crippen LogP contribution < -0.4 is 10.6 Å². The molecule has 0 radical (unpaired) electrons. The molecule has 0 bridgehead atoms. The van der Waals surface area contributed by atoms with Gasteiger partial charge >= 0.3 is 0 Å². The molecule has 6 nitrogen and oxygen atoms in total. The zero-order valence-corrected chi connectivity index (χ0v) is 12.8. The van der Waals surface area contributed by atoms with Crippen LogP contribution in [0, 0.1) is 6.92 Å². The fourth-order valence-electron chi connectivity index (χ4n) is 1.80. The first-order valence-electron chi connectivity index (χ1n) is 7.12. The number of amides is 1. The van der Waals surface area contributed by atoms with Crippen LogP contribution >= 0.6 is 0 Å². The number of rotatable bonds is 7. The van der Waals surface area contributed by atoms with E-state index in [1.165, 1.54) is 18.0 Å². The van der Waals surface area contributed by atoms with E-state index in [1.807, 2.05) is 31.2 Å². The van der Waals surface area contributed by atoms with Crippen molar-refractivity contribution < 1.29 is 9.53 Å². The number of hydrogen-bond acceptors (Lipinski definition) is 5. The zero-order chi connectivity index (χ0) is 15.8. The van der Waals surface area contributed by atoms with E-state index in [4.69, 9.17) is 4.74 Å². The van der Waals surface area contributed by atoms with Crippen LogP contribution in [0.3, 0.4) is 0 Å². The maximum atomic E-state index is 11.9. The number of aryl methyl sites for hydroxylation is 1. The maximum Gasteiger partial charge on any atom is 0.254 e. The number of nitrogens with one attached hydrogen (secondary N) is 2.